The summed E-state index contributed by atoms with van der Waals surface area (Å²) >= 11 is 0. The molecule has 1 fully saturated rings. The van der Waals surface area contributed by atoms with Crippen LogP contribution in [-0.4, -0.2) is 33.5 Å². The molecule has 1 aliphatic rings. The molecule has 8 heteroatoms. The van der Waals surface area contributed by atoms with Gasteiger partial charge in [-0.1, -0.05) is 12.1 Å². The maximum atomic E-state index is 12.5. The molecule has 1 amide bonds. The first-order valence-corrected chi connectivity index (χ1v) is 9.01. The van der Waals surface area contributed by atoms with Crippen molar-refractivity contribution in [3.8, 4) is 0 Å². The Labute approximate surface area is 155 Å². The van der Waals surface area contributed by atoms with E-state index in [1.54, 1.807) is 24.3 Å². The molecule has 0 atom stereocenters. The Morgan fingerprint density at radius 2 is 1.81 bits per heavy atom. The molecule has 4 rings (SSSR count). The van der Waals surface area contributed by atoms with Crippen molar-refractivity contribution < 1.29 is 9.21 Å². The fraction of sp³-hybridized carbons (Fsp3) is 0.368. The van der Waals surface area contributed by atoms with E-state index in [9.17, 15) is 9.59 Å². The molecule has 27 heavy (non-hydrogen) atoms. The summed E-state index contributed by atoms with van der Waals surface area (Å²) in [6.45, 7) is 5.48. The molecular weight excluding hydrogens is 346 g/mol. The lowest BCUT2D eigenvalue weighted by Gasteiger charge is -2.18. The van der Waals surface area contributed by atoms with Crippen molar-refractivity contribution in [3.63, 3.8) is 0 Å². The van der Waals surface area contributed by atoms with Gasteiger partial charge in [0.25, 0.3) is 0 Å². The molecule has 140 valence electrons. The maximum absolute atomic E-state index is 12.5. The molecule has 0 radical (unpaired) electrons. The normalized spacial score (nSPS) is 14.1. The van der Waals surface area contributed by atoms with E-state index in [-0.39, 0.29) is 12.5 Å². The molecule has 0 bridgehead atoms. The monoisotopic (exact) mass is 367 g/mol. The van der Waals surface area contributed by atoms with Gasteiger partial charge >= 0.3 is 5.76 Å². The van der Waals surface area contributed by atoms with Crippen LogP contribution in [0, 0.1) is 13.8 Å². The zero-order valence-corrected chi connectivity index (χ0v) is 15.4. The number of rotatable bonds is 4. The summed E-state index contributed by atoms with van der Waals surface area (Å²) in [6.07, 6.45) is 2.29. The second-order valence-electron chi connectivity index (χ2n) is 6.73. The Balaban J connectivity index is 1.56. The molecule has 1 saturated heterocycles. The fourth-order valence-electron chi connectivity index (χ4n) is 3.42. The number of amides is 1. The first-order valence-electron chi connectivity index (χ1n) is 9.01. The third-order valence-electron chi connectivity index (χ3n) is 4.79. The minimum absolute atomic E-state index is 0.136. The van der Waals surface area contributed by atoms with Crippen LogP contribution in [0.25, 0.3) is 11.1 Å². The third-order valence-corrected chi connectivity index (χ3v) is 4.79. The van der Waals surface area contributed by atoms with E-state index in [1.807, 2.05) is 13.8 Å². The summed E-state index contributed by atoms with van der Waals surface area (Å²) in [5.41, 5.74) is 3.06. The molecule has 1 aromatic carbocycles. The zero-order chi connectivity index (χ0) is 19.0. The number of benzene rings is 1. The topological polar surface area (TPSA) is 93.3 Å². The van der Waals surface area contributed by atoms with Crippen LogP contribution in [0.3, 0.4) is 0 Å². The highest BCUT2D eigenvalue weighted by molar-refractivity contribution is 5.92. The number of nitrogens with zero attached hydrogens (tertiary/aromatic N) is 4. The predicted octanol–water partition coefficient (Wildman–Crippen LogP) is 2.24. The average molecular weight is 367 g/mol. The molecule has 3 aromatic rings. The number of oxazole rings is 1. The molecular formula is C19H21N5O3. The number of carbonyl (C=O) groups excluding carboxylic acids is 1. The second-order valence-corrected chi connectivity index (χ2v) is 6.73. The highest BCUT2D eigenvalue weighted by Crippen LogP contribution is 2.23. The SMILES string of the molecule is Cc1nc(N2CCCC2)nc(C)c1NC(=O)Cn1c(=O)oc2ccccc21. The van der Waals surface area contributed by atoms with Crippen LogP contribution in [0.1, 0.15) is 24.2 Å². The standard InChI is InChI=1S/C19H21N5O3/c1-12-17(13(2)21-18(20-12)23-9-5-6-10-23)22-16(25)11-24-14-7-3-4-8-15(14)27-19(24)26/h3-4,7-8H,5-6,9-11H2,1-2H3,(H,22,25). The van der Waals surface area contributed by atoms with Gasteiger partial charge in [0.05, 0.1) is 22.6 Å². The maximum Gasteiger partial charge on any atom is 0.420 e. The first kappa shape index (κ1) is 17.3. The molecule has 8 nitrogen and oxygen atoms in total. The number of carbonyl (C=O) groups is 1. The van der Waals surface area contributed by atoms with E-state index >= 15 is 0 Å². The van der Waals surface area contributed by atoms with E-state index in [1.165, 1.54) is 4.57 Å². The smallest absolute Gasteiger partial charge is 0.408 e. The van der Waals surface area contributed by atoms with Crippen LogP contribution < -0.4 is 16.0 Å². The quantitative estimate of drug-likeness (QED) is 0.760. The number of fused-ring (bicyclic) bond motifs is 1. The Morgan fingerprint density at radius 1 is 1.15 bits per heavy atom. The molecule has 0 saturated carbocycles. The van der Waals surface area contributed by atoms with E-state index in [4.69, 9.17) is 4.42 Å². The molecule has 0 unspecified atom stereocenters. The first-order chi connectivity index (χ1) is 13.0. The highest BCUT2D eigenvalue weighted by atomic mass is 16.4. The van der Waals surface area contributed by atoms with E-state index in [0.29, 0.717) is 34.1 Å². The van der Waals surface area contributed by atoms with Crippen molar-refractivity contribution in [2.45, 2.75) is 33.2 Å². The van der Waals surface area contributed by atoms with E-state index < -0.39 is 5.76 Å². The van der Waals surface area contributed by atoms with Crippen molar-refractivity contribution in [1.82, 2.24) is 14.5 Å². The van der Waals surface area contributed by atoms with Gasteiger partial charge in [-0.05, 0) is 38.8 Å². The van der Waals surface area contributed by atoms with Gasteiger partial charge in [-0.3, -0.25) is 9.36 Å². The van der Waals surface area contributed by atoms with Crippen molar-refractivity contribution in [1.29, 1.82) is 0 Å². The second kappa shape index (κ2) is 6.86. The fourth-order valence-corrected chi connectivity index (χ4v) is 3.42. The van der Waals surface area contributed by atoms with Gasteiger partial charge in [0, 0.05) is 13.1 Å². The van der Waals surface area contributed by atoms with Crippen molar-refractivity contribution in [3.05, 3.63) is 46.2 Å². The van der Waals surface area contributed by atoms with Crippen molar-refractivity contribution >= 4 is 28.6 Å². The summed E-state index contributed by atoms with van der Waals surface area (Å²) in [5.74, 6) is -0.176. The lowest BCUT2D eigenvalue weighted by Crippen LogP contribution is -2.26. The molecule has 2 aromatic heterocycles. The summed E-state index contributed by atoms with van der Waals surface area (Å²) < 4.78 is 6.48. The van der Waals surface area contributed by atoms with Crippen molar-refractivity contribution in [2.75, 3.05) is 23.3 Å². The average Bonchev–Trinajstić information content (AvgIpc) is 3.27. The van der Waals surface area contributed by atoms with Gasteiger partial charge in [-0.15, -0.1) is 0 Å². The molecule has 0 aliphatic carbocycles. The summed E-state index contributed by atoms with van der Waals surface area (Å²) in [4.78, 5) is 35.8. The Hall–Kier alpha value is -3.16. The number of nitrogens with one attached hydrogen (secondary N) is 1. The van der Waals surface area contributed by atoms with Gasteiger partial charge in [0.1, 0.15) is 6.54 Å². The molecule has 0 spiro atoms. The van der Waals surface area contributed by atoms with Gasteiger partial charge in [-0.2, -0.15) is 0 Å². The number of aromatic nitrogens is 3. The summed E-state index contributed by atoms with van der Waals surface area (Å²) in [7, 11) is 0. The van der Waals surface area contributed by atoms with Gasteiger partial charge < -0.3 is 14.6 Å². The van der Waals surface area contributed by atoms with Crippen LogP contribution in [0.4, 0.5) is 11.6 Å². The van der Waals surface area contributed by atoms with E-state index in [2.05, 4.69) is 20.2 Å². The van der Waals surface area contributed by atoms with Crippen LogP contribution >= 0.6 is 0 Å². The Kier molecular flexibility index (Phi) is 4.39. The third kappa shape index (κ3) is 3.30. The van der Waals surface area contributed by atoms with E-state index in [0.717, 1.165) is 25.9 Å². The van der Waals surface area contributed by atoms with Gasteiger partial charge in [0.2, 0.25) is 11.9 Å². The minimum Gasteiger partial charge on any atom is -0.408 e. The number of para-hydroxylation sites is 2. The van der Waals surface area contributed by atoms with Crippen LogP contribution in [0.5, 0.6) is 0 Å². The lowest BCUT2D eigenvalue weighted by atomic mass is 10.2. The minimum atomic E-state index is -0.555. The van der Waals surface area contributed by atoms with Crippen molar-refractivity contribution in [2.24, 2.45) is 0 Å². The molecule has 3 heterocycles. The Morgan fingerprint density at radius 3 is 2.52 bits per heavy atom. The zero-order valence-electron chi connectivity index (χ0n) is 15.4. The van der Waals surface area contributed by atoms with Gasteiger partial charge in [0.15, 0.2) is 5.58 Å². The summed E-state index contributed by atoms with van der Waals surface area (Å²) in [5, 5.41) is 2.84. The molecule has 1 N–H and O–H groups in total. The Bertz CT molecular complexity index is 1040. The van der Waals surface area contributed by atoms with Crippen LogP contribution in [0.2, 0.25) is 0 Å². The number of aryl methyl sites for hydroxylation is 2. The number of hydrogen-bond acceptors (Lipinski definition) is 6. The van der Waals surface area contributed by atoms with Gasteiger partial charge in [-0.25, -0.2) is 14.8 Å². The predicted molar refractivity (Wildman–Crippen MR) is 102 cm³/mol. The molecule has 1 aliphatic heterocycles. The number of hydrogen-bond donors (Lipinski definition) is 1. The largest absolute Gasteiger partial charge is 0.420 e. The highest BCUT2D eigenvalue weighted by Gasteiger charge is 2.19. The lowest BCUT2D eigenvalue weighted by molar-refractivity contribution is -0.116. The van der Waals surface area contributed by atoms with Crippen LogP contribution in [-0.2, 0) is 11.3 Å². The summed E-state index contributed by atoms with van der Waals surface area (Å²) in [6, 6.07) is 7.02. The number of anilines is 2. The van der Waals surface area contributed by atoms with Crippen LogP contribution in [0.15, 0.2) is 33.5 Å².